The quantitative estimate of drug-likeness (QED) is 0.548. The smallest absolute Gasteiger partial charge is 0.287 e. The minimum atomic E-state index is -3.68. The minimum Gasteiger partial charge on any atom is -0.507 e. The van der Waals surface area contributed by atoms with Crippen molar-refractivity contribution in [1.82, 2.24) is 0 Å². The van der Waals surface area contributed by atoms with Crippen LogP contribution in [-0.2, 0) is 4.57 Å². The van der Waals surface area contributed by atoms with Crippen molar-refractivity contribution in [3.8, 4) is 11.5 Å². The maximum Gasteiger partial charge on any atom is 0.287 e. The zero-order valence-electron chi connectivity index (χ0n) is 13.1. The lowest BCUT2D eigenvalue weighted by atomic mass is 10.3. The van der Waals surface area contributed by atoms with Crippen LogP contribution in [0.5, 0.6) is 11.5 Å². The maximum absolute atomic E-state index is 13.8. The number of phenols is 1. The van der Waals surface area contributed by atoms with Gasteiger partial charge in [-0.25, -0.2) is 0 Å². The summed E-state index contributed by atoms with van der Waals surface area (Å²) in [4.78, 5) is 0. The molecule has 2 aromatic rings. The van der Waals surface area contributed by atoms with E-state index in [-0.39, 0.29) is 31.9 Å². The van der Waals surface area contributed by atoms with Crippen LogP contribution in [0.15, 0.2) is 30.3 Å². The molecule has 2 rings (SSSR count). The summed E-state index contributed by atoms with van der Waals surface area (Å²) in [6.07, 6.45) is 0. The van der Waals surface area contributed by atoms with Crippen molar-refractivity contribution < 1.29 is 14.2 Å². The molecule has 0 bridgehead atoms. The van der Waals surface area contributed by atoms with Gasteiger partial charge in [0, 0.05) is 6.07 Å². The molecule has 1 N–H and O–H groups in total. The van der Waals surface area contributed by atoms with Crippen molar-refractivity contribution in [2.24, 2.45) is 0 Å². The van der Waals surface area contributed by atoms with Crippen LogP contribution in [0.3, 0.4) is 0 Å². The van der Waals surface area contributed by atoms with Crippen molar-refractivity contribution in [3.63, 3.8) is 0 Å². The number of aromatic hydroxyl groups is 1. The lowest BCUT2D eigenvalue weighted by Crippen LogP contribution is -2.27. The molecule has 0 spiro atoms. The molecule has 3 nitrogen and oxygen atoms in total. The Bertz CT molecular complexity index is 831. The van der Waals surface area contributed by atoms with Crippen molar-refractivity contribution in [2.75, 3.05) is 0 Å². The Morgan fingerprint density at radius 1 is 0.958 bits per heavy atom. The number of phenolic OH excluding ortho intramolecular Hbond substituents is 1. The van der Waals surface area contributed by atoms with Crippen LogP contribution in [0.4, 0.5) is 0 Å². The second-order valence-electron chi connectivity index (χ2n) is 6.12. The highest BCUT2D eigenvalue weighted by molar-refractivity contribution is 7.69. The molecular weight excluding hydrogens is 413 g/mol. The number of benzene rings is 2. The van der Waals surface area contributed by atoms with Crippen LogP contribution in [0, 0.1) is 0 Å². The molecule has 2 aromatic carbocycles. The molecule has 0 aliphatic heterocycles. The van der Waals surface area contributed by atoms with Gasteiger partial charge in [-0.3, -0.25) is 4.57 Å². The maximum atomic E-state index is 13.8. The Morgan fingerprint density at radius 2 is 1.54 bits per heavy atom. The summed E-state index contributed by atoms with van der Waals surface area (Å²) in [6.45, 7) is 5.17. The number of hydrogen-bond donors (Lipinski definition) is 1. The zero-order valence-corrected chi connectivity index (χ0v) is 17.0. The summed E-state index contributed by atoms with van der Waals surface area (Å²) in [5.74, 6) is 0.000759. The predicted molar refractivity (Wildman–Crippen MR) is 102 cm³/mol. The second kappa shape index (κ2) is 6.97. The molecule has 0 saturated heterocycles. The Hall–Kier alpha value is -0.570. The largest absolute Gasteiger partial charge is 0.507 e. The summed E-state index contributed by atoms with van der Waals surface area (Å²) < 4.78 is 19.6. The lowest BCUT2D eigenvalue weighted by Gasteiger charge is -2.32. The second-order valence-corrected chi connectivity index (χ2v) is 10.8. The molecule has 0 saturated carbocycles. The zero-order chi connectivity index (χ0) is 18.3. The summed E-state index contributed by atoms with van der Waals surface area (Å²) in [5, 5.41) is 10.1. The molecule has 0 heterocycles. The van der Waals surface area contributed by atoms with Crippen molar-refractivity contribution in [1.29, 1.82) is 0 Å². The van der Waals surface area contributed by atoms with Crippen molar-refractivity contribution >= 4 is 59.1 Å². The van der Waals surface area contributed by atoms with E-state index in [0.717, 1.165) is 0 Å². The molecule has 130 valence electrons. The highest BCUT2D eigenvalue weighted by atomic mass is 35.5. The predicted octanol–water partition coefficient (Wildman–Crippen LogP) is 6.79. The molecule has 0 aliphatic rings. The van der Waals surface area contributed by atoms with Crippen LogP contribution >= 0.6 is 53.8 Å². The normalized spacial score (nSPS) is 14.3. The monoisotopic (exact) mass is 426 g/mol. The van der Waals surface area contributed by atoms with Gasteiger partial charge < -0.3 is 9.63 Å². The molecule has 8 heteroatoms. The standard InChI is InChI=1S/C16H15Cl4O3P/c1-16(2,3)24(22,15-13(21)7-6-11(18)14(15)20)23-9-4-5-10(17)12(19)8-9/h4-8,21H,1-3H3. The van der Waals surface area contributed by atoms with Crippen LogP contribution in [-0.4, -0.2) is 10.3 Å². The summed E-state index contributed by atoms with van der Waals surface area (Å²) >= 11 is 24.1. The molecule has 1 unspecified atom stereocenters. The fourth-order valence-electron chi connectivity index (χ4n) is 2.01. The van der Waals surface area contributed by atoms with Crippen molar-refractivity contribution in [2.45, 2.75) is 25.9 Å². The topological polar surface area (TPSA) is 46.5 Å². The Kier molecular flexibility index (Phi) is 5.74. The molecule has 1 atom stereocenters. The van der Waals surface area contributed by atoms with E-state index < -0.39 is 12.5 Å². The van der Waals surface area contributed by atoms with E-state index in [9.17, 15) is 9.67 Å². The van der Waals surface area contributed by atoms with Gasteiger partial charge in [-0.1, -0.05) is 46.4 Å². The first-order chi connectivity index (χ1) is 11.0. The summed E-state index contributed by atoms with van der Waals surface area (Å²) in [6, 6.07) is 7.29. The fraction of sp³-hybridized carbons (Fsp3) is 0.250. The minimum absolute atomic E-state index is 0.00464. The first-order valence-electron chi connectivity index (χ1n) is 6.89. The molecular formula is C16H15Cl4O3P. The molecule has 0 aliphatic carbocycles. The average Bonchev–Trinajstić information content (AvgIpc) is 2.46. The highest BCUT2D eigenvalue weighted by Gasteiger charge is 2.45. The number of hydrogen-bond acceptors (Lipinski definition) is 3. The number of halogens is 4. The Morgan fingerprint density at radius 3 is 2.08 bits per heavy atom. The van der Waals surface area contributed by atoms with Gasteiger partial charge in [0.15, 0.2) is 0 Å². The van der Waals surface area contributed by atoms with Crippen LogP contribution < -0.4 is 9.83 Å². The first-order valence-corrected chi connectivity index (χ1v) is 10.0. The van der Waals surface area contributed by atoms with Gasteiger partial charge in [0.25, 0.3) is 7.37 Å². The van der Waals surface area contributed by atoms with Gasteiger partial charge >= 0.3 is 0 Å². The Balaban J connectivity index is 2.67. The SMILES string of the molecule is CC(C)(C)P(=O)(Oc1ccc(Cl)c(Cl)c1)c1c(O)ccc(Cl)c1Cl. The van der Waals surface area contributed by atoms with Gasteiger partial charge in [-0.05, 0) is 45.0 Å². The lowest BCUT2D eigenvalue weighted by molar-refractivity contribution is 0.452. The van der Waals surface area contributed by atoms with E-state index >= 15 is 0 Å². The van der Waals surface area contributed by atoms with Gasteiger partial charge in [-0.15, -0.1) is 0 Å². The number of rotatable bonds is 3. The molecule has 0 amide bonds. The summed E-state index contributed by atoms with van der Waals surface area (Å²) in [7, 11) is -3.68. The fourth-order valence-corrected chi connectivity index (χ4v) is 5.22. The molecule has 0 radical (unpaired) electrons. The van der Waals surface area contributed by atoms with Gasteiger partial charge in [0.2, 0.25) is 0 Å². The van der Waals surface area contributed by atoms with E-state index in [1.165, 1.54) is 24.3 Å². The van der Waals surface area contributed by atoms with E-state index in [2.05, 4.69) is 0 Å². The third-order valence-electron chi connectivity index (χ3n) is 3.35. The van der Waals surface area contributed by atoms with Gasteiger partial charge in [0.05, 0.1) is 25.2 Å². The highest BCUT2D eigenvalue weighted by Crippen LogP contribution is 2.60. The van der Waals surface area contributed by atoms with E-state index in [4.69, 9.17) is 50.9 Å². The molecule has 24 heavy (non-hydrogen) atoms. The average molecular weight is 428 g/mol. The van der Waals surface area contributed by atoms with Crippen LogP contribution in [0.1, 0.15) is 20.8 Å². The molecule has 0 aromatic heterocycles. The van der Waals surface area contributed by atoms with Gasteiger partial charge in [-0.2, -0.15) is 0 Å². The van der Waals surface area contributed by atoms with E-state index in [1.807, 2.05) is 0 Å². The van der Waals surface area contributed by atoms with E-state index in [0.29, 0.717) is 5.02 Å². The first kappa shape index (κ1) is 19.8. The van der Waals surface area contributed by atoms with Gasteiger partial charge in [0.1, 0.15) is 16.8 Å². The third-order valence-corrected chi connectivity index (χ3v) is 8.30. The molecule has 0 fully saturated rings. The van der Waals surface area contributed by atoms with E-state index in [1.54, 1.807) is 26.8 Å². The summed E-state index contributed by atoms with van der Waals surface area (Å²) in [5.41, 5.74) is 0. The Labute approximate surface area is 160 Å². The van der Waals surface area contributed by atoms with Crippen LogP contribution in [0.25, 0.3) is 0 Å². The third kappa shape index (κ3) is 3.66. The van der Waals surface area contributed by atoms with Crippen LogP contribution in [0.2, 0.25) is 20.1 Å². The van der Waals surface area contributed by atoms with Crippen molar-refractivity contribution in [3.05, 3.63) is 50.4 Å².